The fourth-order valence-electron chi connectivity index (χ4n) is 7.90. The van der Waals surface area contributed by atoms with Crippen molar-refractivity contribution in [2.24, 2.45) is 0 Å². The van der Waals surface area contributed by atoms with E-state index in [9.17, 15) is 0 Å². The molecule has 0 N–H and O–H groups in total. The van der Waals surface area contributed by atoms with Crippen LogP contribution < -0.4 is 35.5 Å². The summed E-state index contributed by atoms with van der Waals surface area (Å²) in [5.41, 5.74) is 9.67. The van der Waals surface area contributed by atoms with Crippen molar-refractivity contribution < 1.29 is 14.2 Å². The minimum Gasteiger partial charge on any atom is -0.458 e. The predicted octanol–water partition coefficient (Wildman–Crippen LogP) is 9.09. The highest BCUT2D eigenvalue weighted by molar-refractivity contribution is 6.98. The van der Waals surface area contributed by atoms with Gasteiger partial charge in [0.1, 0.15) is 23.0 Å². The summed E-state index contributed by atoms with van der Waals surface area (Å²) in [6.07, 6.45) is 0. The molecule has 0 fully saturated rings. The molecule has 0 saturated heterocycles. The van der Waals surface area contributed by atoms with Crippen molar-refractivity contribution in [2.45, 2.75) is 0 Å². The first-order chi connectivity index (χ1) is 23.8. The molecule has 5 nitrogen and oxygen atoms in total. The van der Waals surface area contributed by atoms with Crippen LogP contribution in [0.1, 0.15) is 0 Å². The first kappa shape index (κ1) is 25.8. The van der Waals surface area contributed by atoms with Gasteiger partial charge in [0.25, 0.3) is 6.71 Å². The maximum Gasteiger partial charge on any atom is 0.260 e. The number of rotatable bonds is 2. The Hall–Kier alpha value is -6.40. The van der Waals surface area contributed by atoms with Gasteiger partial charge in [0, 0.05) is 28.3 Å². The van der Waals surface area contributed by atoms with Gasteiger partial charge in [0.2, 0.25) is 0 Å². The molecule has 224 valence electrons. The molecule has 4 heterocycles. The van der Waals surface area contributed by atoms with Crippen LogP contribution in [0.5, 0.6) is 34.5 Å². The lowest BCUT2D eigenvalue weighted by Gasteiger charge is -2.33. The van der Waals surface area contributed by atoms with Gasteiger partial charge >= 0.3 is 0 Å². The predicted molar refractivity (Wildman–Crippen MR) is 193 cm³/mol. The minimum atomic E-state index is 0.0292. The number of fused-ring (bicyclic) bond motifs is 10. The van der Waals surface area contributed by atoms with E-state index in [1.165, 1.54) is 0 Å². The normalized spacial score (nSPS) is 13.4. The third-order valence-electron chi connectivity index (χ3n) is 9.89. The summed E-state index contributed by atoms with van der Waals surface area (Å²) < 4.78 is 22.1. The molecule has 8 aromatic rings. The molecule has 3 aliphatic rings. The van der Waals surface area contributed by atoms with Crippen LogP contribution in [0.2, 0.25) is 0 Å². The van der Waals surface area contributed by atoms with Crippen molar-refractivity contribution >= 4 is 62.0 Å². The number of aromatic nitrogens is 1. The van der Waals surface area contributed by atoms with Gasteiger partial charge in [-0.05, 0) is 77.7 Å². The Morgan fingerprint density at radius 1 is 0.438 bits per heavy atom. The van der Waals surface area contributed by atoms with Gasteiger partial charge in [-0.3, -0.25) is 0 Å². The molecule has 0 amide bonds. The Morgan fingerprint density at radius 2 is 1.15 bits per heavy atom. The quantitative estimate of drug-likeness (QED) is 0.182. The van der Waals surface area contributed by atoms with Crippen molar-refractivity contribution in [2.75, 3.05) is 4.90 Å². The summed E-state index contributed by atoms with van der Waals surface area (Å²) in [4.78, 5) is 2.30. The van der Waals surface area contributed by atoms with Crippen LogP contribution in [0.3, 0.4) is 0 Å². The first-order valence-corrected chi connectivity index (χ1v) is 16.2. The molecule has 0 radical (unpaired) electrons. The lowest BCUT2D eigenvalue weighted by atomic mass is 9.35. The number of benzene rings is 7. The van der Waals surface area contributed by atoms with E-state index in [0.29, 0.717) is 0 Å². The molecule has 6 heteroatoms. The van der Waals surface area contributed by atoms with Crippen molar-refractivity contribution in [3.05, 3.63) is 152 Å². The van der Waals surface area contributed by atoms with Gasteiger partial charge in [-0.2, -0.15) is 0 Å². The summed E-state index contributed by atoms with van der Waals surface area (Å²) in [6, 6.07) is 52.7. The fourth-order valence-corrected chi connectivity index (χ4v) is 7.90. The molecule has 0 atom stereocenters. The average molecular weight is 616 g/mol. The topological polar surface area (TPSA) is 35.9 Å². The van der Waals surface area contributed by atoms with Crippen LogP contribution in [0, 0.1) is 0 Å². The number of hydrogen-bond acceptors (Lipinski definition) is 4. The zero-order valence-corrected chi connectivity index (χ0v) is 25.6. The standard InChI is InChI=1S/C42H25BN2O3/c1-2-11-26(12-3-1)44-32-16-7-9-18-36(32)48-42-34(44)24-23-33-40(42)28-13-4-6-15-31(28)45(33)27-21-22-30-39(25-27)47-38-20-10-19-37-41(38)43(30)29-14-5-8-17-35(29)46-37/h1-25H. The second kappa shape index (κ2) is 9.56. The molecule has 0 spiro atoms. The largest absolute Gasteiger partial charge is 0.458 e. The molecule has 0 aliphatic carbocycles. The summed E-state index contributed by atoms with van der Waals surface area (Å²) >= 11 is 0. The molecular formula is C42H25BN2O3. The summed E-state index contributed by atoms with van der Waals surface area (Å²) in [5.74, 6) is 5.10. The number of para-hydroxylation sites is 5. The van der Waals surface area contributed by atoms with Gasteiger partial charge in [0.15, 0.2) is 11.5 Å². The van der Waals surface area contributed by atoms with Gasteiger partial charge in [-0.1, -0.05) is 78.9 Å². The van der Waals surface area contributed by atoms with Crippen molar-refractivity contribution in [3.63, 3.8) is 0 Å². The fraction of sp³-hybridized carbons (Fsp3) is 0. The average Bonchev–Trinajstić information content (AvgIpc) is 3.49. The maximum absolute atomic E-state index is 6.82. The first-order valence-electron chi connectivity index (χ1n) is 16.2. The lowest BCUT2D eigenvalue weighted by molar-refractivity contribution is 0.464. The van der Waals surface area contributed by atoms with Gasteiger partial charge < -0.3 is 23.7 Å². The molecule has 11 rings (SSSR count). The Morgan fingerprint density at radius 3 is 2.04 bits per heavy atom. The van der Waals surface area contributed by atoms with Crippen molar-refractivity contribution in [1.82, 2.24) is 4.57 Å². The van der Waals surface area contributed by atoms with Crippen LogP contribution in [-0.4, -0.2) is 11.3 Å². The molecule has 0 saturated carbocycles. The van der Waals surface area contributed by atoms with Gasteiger partial charge in [0.05, 0.1) is 27.8 Å². The van der Waals surface area contributed by atoms with Crippen LogP contribution in [0.4, 0.5) is 17.1 Å². The summed E-state index contributed by atoms with van der Waals surface area (Å²) in [6.45, 7) is 0.0292. The van der Waals surface area contributed by atoms with Crippen LogP contribution in [0.25, 0.3) is 27.5 Å². The molecule has 7 aromatic carbocycles. The highest BCUT2D eigenvalue weighted by Gasteiger charge is 2.40. The van der Waals surface area contributed by atoms with E-state index >= 15 is 0 Å². The highest BCUT2D eigenvalue weighted by Crippen LogP contribution is 2.54. The van der Waals surface area contributed by atoms with Crippen molar-refractivity contribution in [3.8, 4) is 40.2 Å². The van der Waals surface area contributed by atoms with E-state index in [4.69, 9.17) is 14.2 Å². The third-order valence-corrected chi connectivity index (χ3v) is 9.89. The van der Waals surface area contributed by atoms with E-state index in [-0.39, 0.29) is 6.71 Å². The monoisotopic (exact) mass is 616 g/mol. The third kappa shape index (κ3) is 3.46. The number of ether oxygens (including phenoxy) is 3. The lowest BCUT2D eigenvalue weighted by Crippen LogP contribution is -2.57. The number of nitrogens with zero attached hydrogens (tertiary/aromatic N) is 2. The molecule has 1 aromatic heterocycles. The maximum atomic E-state index is 6.82. The second-order valence-electron chi connectivity index (χ2n) is 12.5. The van der Waals surface area contributed by atoms with E-state index in [0.717, 1.165) is 95.4 Å². The molecule has 0 unspecified atom stereocenters. The summed E-state index contributed by atoms with van der Waals surface area (Å²) in [7, 11) is 0. The molecule has 3 aliphatic heterocycles. The van der Waals surface area contributed by atoms with Gasteiger partial charge in [-0.15, -0.1) is 0 Å². The van der Waals surface area contributed by atoms with Gasteiger partial charge in [-0.25, -0.2) is 0 Å². The van der Waals surface area contributed by atoms with Crippen LogP contribution >= 0.6 is 0 Å². The summed E-state index contributed by atoms with van der Waals surface area (Å²) in [5, 5.41) is 2.20. The number of anilines is 3. The number of hydrogen-bond donors (Lipinski definition) is 0. The minimum absolute atomic E-state index is 0.0292. The van der Waals surface area contributed by atoms with E-state index in [1.807, 2.05) is 48.5 Å². The van der Waals surface area contributed by atoms with Crippen LogP contribution in [0.15, 0.2) is 152 Å². The van der Waals surface area contributed by atoms with E-state index in [1.54, 1.807) is 0 Å². The zero-order valence-electron chi connectivity index (χ0n) is 25.6. The van der Waals surface area contributed by atoms with E-state index in [2.05, 4.69) is 113 Å². The highest BCUT2D eigenvalue weighted by atomic mass is 16.5. The Balaban J connectivity index is 1.13. The Kier molecular flexibility index (Phi) is 5.13. The Labute approximate surface area is 276 Å². The Bertz CT molecular complexity index is 2630. The zero-order chi connectivity index (χ0) is 31.3. The smallest absolute Gasteiger partial charge is 0.260 e. The van der Waals surface area contributed by atoms with E-state index < -0.39 is 0 Å². The molecular weight excluding hydrogens is 591 g/mol. The SMILES string of the molecule is c1ccc(N2c3ccccc3Oc3c2ccc2c3c3ccccc3n2-c2ccc3c(c2)Oc2cccc4c2B3c2ccccc2O4)cc1. The van der Waals surface area contributed by atoms with Crippen molar-refractivity contribution in [1.29, 1.82) is 0 Å². The van der Waals surface area contributed by atoms with Crippen LogP contribution in [-0.2, 0) is 0 Å². The molecule has 48 heavy (non-hydrogen) atoms. The second-order valence-corrected chi connectivity index (χ2v) is 12.5. The molecule has 0 bridgehead atoms.